The lowest BCUT2D eigenvalue weighted by Crippen LogP contribution is -2.39. The maximum Gasteiger partial charge on any atom is 0.331 e. The van der Waals surface area contributed by atoms with E-state index in [0.29, 0.717) is 23.5 Å². The van der Waals surface area contributed by atoms with Gasteiger partial charge in [0.2, 0.25) is 0 Å². The summed E-state index contributed by atoms with van der Waals surface area (Å²) in [6.45, 7) is 9.77. The molecule has 0 saturated heterocycles. The van der Waals surface area contributed by atoms with Crippen LogP contribution in [0.15, 0.2) is 67.0 Å². The lowest BCUT2D eigenvalue weighted by atomic mass is 10.0. The number of hydrogen-bond donors (Lipinski definition) is 0. The molecule has 0 N–H and O–H groups in total. The van der Waals surface area contributed by atoms with Gasteiger partial charge in [-0.25, -0.2) is 9.58 Å². The SMILES string of the molecule is CCCc1nn(-c2ccc(C)cc2C)c([O-])c1C1=C([n+]2cccc(C)c2)C(=O)N(c2ccc(C)cc2)C1=O. The van der Waals surface area contributed by atoms with E-state index in [9.17, 15) is 14.7 Å². The van der Waals surface area contributed by atoms with Crippen molar-refractivity contribution < 1.29 is 19.3 Å². The van der Waals surface area contributed by atoms with Crippen molar-refractivity contribution in [3.8, 4) is 11.6 Å². The smallest absolute Gasteiger partial charge is 0.331 e. The largest absolute Gasteiger partial charge is 0.858 e. The number of benzene rings is 2. The van der Waals surface area contributed by atoms with Gasteiger partial charge in [0.25, 0.3) is 11.6 Å². The Morgan fingerprint density at radius 1 is 0.895 bits per heavy atom. The van der Waals surface area contributed by atoms with Crippen molar-refractivity contribution in [3.05, 3.63) is 101 Å². The zero-order chi connectivity index (χ0) is 27.1. The molecule has 0 spiro atoms. The summed E-state index contributed by atoms with van der Waals surface area (Å²) in [6, 6.07) is 16.7. The minimum Gasteiger partial charge on any atom is -0.858 e. The molecule has 7 heteroatoms. The summed E-state index contributed by atoms with van der Waals surface area (Å²) >= 11 is 0. The molecule has 38 heavy (non-hydrogen) atoms. The van der Waals surface area contributed by atoms with E-state index in [-0.39, 0.29) is 16.8 Å². The number of aryl methyl sites for hydroxylation is 5. The number of hydrogen-bond acceptors (Lipinski definition) is 4. The summed E-state index contributed by atoms with van der Waals surface area (Å²) in [5, 5.41) is 18.7. The summed E-state index contributed by atoms with van der Waals surface area (Å²) in [5.41, 5.74) is 5.92. The highest BCUT2D eigenvalue weighted by Crippen LogP contribution is 2.39. The highest BCUT2D eigenvalue weighted by atomic mass is 16.3. The van der Waals surface area contributed by atoms with Crippen LogP contribution in [-0.2, 0) is 16.0 Å². The molecule has 0 saturated carbocycles. The van der Waals surface area contributed by atoms with Crippen LogP contribution in [0, 0.1) is 27.7 Å². The predicted octanol–water partition coefficient (Wildman–Crippen LogP) is 4.36. The Hall–Kier alpha value is -4.52. The van der Waals surface area contributed by atoms with E-state index < -0.39 is 17.7 Å². The number of amides is 2. The van der Waals surface area contributed by atoms with Crippen molar-refractivity contribution in [3.63, 3.8) is 0 Å². The normalized spacial score (nSPS) is 13.7. The predicted molar refractivity (Wildman–Crippen MR) is 145 cm³/mol. The third-order valence-electron chi connectivity index (χ3n) is 6.79. The molecule has 0 fully saturated rings. The minimum absolute atomic E-state index is 0.0793. The Morgan fingerprint density at radius 2 is 1.61 bits per heavy atom. The molecule has 0 bridgehead atoms. The van der Waals surface area contributed by atoms with E-state index >= 15 is 0 Å². The average molecular weight is 507 g/mol. The van der Waals surface area contributed by atoms with Crippen LogP contribution in [0.25, 0.3) is 17.0 Å². The molecule has 7 nitrogen and oxygen atoms in total. The zero-order valence-corrected chi connectivity index (χ0v) is 22.3. The number of imide groups is 1. The van der Waals surface area contributed by atoms with Crippen LogP contribution in [-0.4, -0.2) is 21.6 Å². The molecule has 2 aromatic heterocycles. The number of pyridine rings is 1. The summed E-state index contributed by atoms with van der Waals surface area (Å²) in [7, 11) is 0. The molecular weight excluding hydrogens is 476 g/mol. The number of carbonyl (C=O) groups is 2. The highest BCUT2D eigenvalue weighted by molar-refractivity contribution is 6.53. The van der Waals surface area contributed by atoms with E-state index in [2.05, 4.69) is 0 Å². The lowest BCUT2D eigenvalue weighted by molar-refractivity contribution is -0.577. The van der Waals surface area contributed by atoms with Gasteiger partial charge in [-0.15, -0.1) is 0 Å². The highest BCUT2D eigenvalue weighted by Gasteiger charge is 2.47. The molecule has 3 heterocycles. The van der Waals surface area contributed by atoms with Crippen molar-refractivity contribution in [2.75, 3.05) is 4.90 Å². The molecule has 0 unspecified atom stereocenters. The van der Waals surface area contributed by atoms with Crippen molar-refractivity contribution >= 4 is 28.8 Å². The fourth-order valence-electron chi connectivity index (χ4n) is 4.96. The first kappa shape index (κ1) is 25.1. The second-order valence-corrected chi connectivity index (χ2v) is 9.87. The standard InChI is InChI=1S/C31H30N4O3/c1-6-8-24-26(30(37)35(32-24)25-15-12-20(3)17-22(25)5)27-28(33-16-7-9-21(4)18-33)31(38)34(29(27)36)23-13-10-19(2)11-14-23/h7,9-18H,6,8H2,1-5H3. The first-order valence-electron chi connectivity index (χ1n) is 12.8. The average Bonchev–Trinajstić information content (AvgIpc) is 3.32. The van der Waals surface area contributed by atoms with Gasteiger partial charge in [-0.05, 0) is 69.8 Å². The van der Waals surface area contributed by atoms with Gasteiger partial charge in [0, 0.05) is 17.2 Å². The number of rotatable bonds is 6. The van der Waals surface area contributed by atoms with Gasteiger partial charge >= 0.3 is 5.91 Å². The fraction of sp³-hybridized carbons (Fsp3) is 0.226. The van der Waals surface area contributed by atoms with Gasteiger partial charge in [0.1, 0.15) is 5.57 Å². The third-order valence-corrected chi connectivity index (χ3v) is 6.79. The molecule has 0 radical (unpaired) electrons. The van der Waals surface area contributed by atoms with Gasteiger partial charge in [-0.2, -0.15) is 9.67 Å². The Labute approximate surface area is 222 Å². The summed E-state index contributed by atoms with van der Waals surface area (Å²) in [5.74, 6) is -1.42. The summed E-state index contributed by atoms with van der Waals surface area (Å²) < 4.78 is 3.01. The fourth-order valence-corrected chi connectivity index (χ4v) is 4.96. The van der Waals surface area contributed by atoms with Crippen LogP contribution in [0.3, 0.4) is 0 Å². The first-order valence-corrected chi connectivity index (χ1v) is 12.8. The molecule has 2 amide bonds. The molecule has 4 aromatic rings. The third kappa shape index (κ3) is 4.20. The maximum atomic E-state index is 14.1. The van der Waals surface area contributed by atoms with Gasteiger partial charge < -0.3 is 5.11 Å². The van der Waals surface area contributed by atoms with Crippen molar-refractivity contribution in [1.29, 1.82) is 0 Å². The monoisotopic (exact) mass is 506 g/mol. The van der Waals surface area contributed by atoms with Crippen LogP contribution >= 0.6 is 0 Å². The number of nitrogens with zero attached hydrogens (tertiary/aromatic N) is 4. The Balaban J connectivity index is 1.79. The van der Waals surface area contributed by atoms with E-state index in [1.165, 1.54) is 4.68 Å². The van der Waals surface area contributed by atoms with Crippen LogP contribution < -0.4 is 14.6 Å². The van der Waals surface area contributed by atoms with Crippen molar-refractivity contribution in [2.45, 2.75) is 47.5 Å². The molecule has 2 aromatic carbocycles. The molecular formula is C31H30N4O3. The Morgan fingerprint density at radius 3 is 2.26 bits per heavy atom. The van der Waals surface area contributed by atoms with Gasteiger partial charge in [0.15, 0.2) is 12.4 Å². The second-order valence-electron chi connectivity index (χ2n) is 9.87. The zero-order valence-electron chi connectivity index (χ0n) is 22.3. The van der Waals surface area contributed by atoms with E-state index in [1.807, 2.05) is 77.1 Å². The summed E-state index contributed by atoms with van der Waals surface area (Å²) in [4.78, 5) is 29.2. The molecule has 0 atom stereocenters. The van der Waals surface area contributed by atoms with E-state index in [4.69, 9.17) is 5.10 Å². The van der Waals surface area contributed by atoms with Gasteiger partial charge in [0.05, 0.1) is 17.1 Å². The van der Waals surface area contributed by atoms with Gasteiger partial charge in [-0.1, -0.05) is 48.7 Å². The van der Waals surface area contributed by atoms with Crippen molar-refractivity contribution in [1.82, 2.24) is 9.78 Å². The Kier molecular flexibility index (Phi) is 6.45. The van der Waals surface area contributed by atoms with Gasteiger partial charge in [-0.3, -0.25) is 9.59 Å². The van der Waals surface area contributed by atoms with E-state index in [1.54, 1.807) is 29.1 Å². The topological polar surface area (TPSA) is 82.1 Å². The van der Waals surface area contributed by atoms with Crippen LogP contribution in [0.2, 0.25) is 0 Å². The van der Waals surface area contributed by atoms with Crippen LogP contribution in [0.5, 0.6) is 5.88 Å². The quantitative estimate of drug-likeness (QED) is 0.287. The molecule has 5 rings (SSSR count). The lowest BCUT2D eigenvalue weighted by Gasteiger charge is -2.16. The number of anilines is 1. The maximum absolute atomic E-state index is 14.1. The number of aromatic nitrogens is 3. The van der Waals surface area contributed by atoms with E-state index in [0.717, 1.165) is 33.6 Å². The molecule has 1 aliphatic rings. The molecule has 192 valence electrons. The molecule has 0 aliphatic carbocycles. The number of carbonyl (C=O) groups excluding carboxylic acids is 2. The molecule has 1 aliphatic heterocycles. The van der Waals surface area contributed by atoms with Crippen LogP contribution in [0.1, 0.15) is 46.9 Å². The first-order chi connectivity index (χ1) is 18.2. The minimum atomic E-state index is -0.530. The second kappa shape index (κ2) is 9.74. The Bertz CT molecular complexity index is 1610. The summed E-state index contributed by atoms with van der Waals surface area (Å²) in [6.07, 6.45) is 4.73. The van der Waals surface area contributed by atoms with Crippen LogP contribution in [0.4, 0.5) is 5.69 Å². The van der Waals surface area contributed by atoms with Crippen molar-refractivity contribution in [2.24, 2.45) is 0 Å².